The van der Waals surface area contributed by atoms with Gasteiger partial charge in [-0.2, -0.15) is 0 Å². The molecule has 1 amide bonds. The normalized spacial score (nSPS) is 16.6. The number of nitrogens with zero attached hydrogens (tertiary/aromatic N) is 2. The molecule has 7 nitrogen and oxygen atoms in total. The van der Waals surface area contributed by atoms with Crippen molar-refractivity contribution in [3.63, 3.8) is 0 Å². The van der Waals surface area contributed by atoms with E-state index in [0.29, 0.717) is 18.3 Å². The fourth-order valence-electron chi connectivity index (χ4n) is 2.55. The molecular formula is C14H20N4O3. The molecule has 1 aliphatic heterocycles. The van der Waals surface area contributed by atoms with Gasteiger partial charge in [0.2, 0.25) is 5.91 Å². The predicted octanol–water partition coefficient (Wildman–Crippen LogP) is 1.59. The van der Waals surface area contributed by atoms with Gasteiger partial charge >= 0.3 is 0 Å². The van der Waals surface area contributed by atoms with Crippen molar-refractivity contribution < 1.29 is 9.72 Å². The van der Waals surface area contributed by atoms with Gasteiger partial charge in [0.25, 0.3) is 5.69 Å². The summed E-state index contributed by atoms with van der Waals surface area (Å²) in [7, 11) is 0. The predicted molar refractivity (Wildman–Crippen MR) is 80.4 cm³/mol. The van der Waals surface area contributed by atoms with Gasteiger partial charge < -0.3 is 11.1 Å². The molecule has 1 heterocycles. The summed E-state index contributed by atoms with van der Waals surface area (Å²) in [6.45, 7) is 4.87. The van der Waals surface area contributed by atoms with E-state index < -0.39 is 10.8 Å². The fraction of sp³-hybridized carbons (Fsp3) is 0.500. The number of hydrogen-bond acceptors (Lipinski definition) is 5. The average Bonchev–Trinajstić information content (AvgIpc) is 2.98. The zero-order chi connectivity index (χ0) is 15.4. The van der Waals surface area contributed by atoms with Crippen LogP contribution in [0.15, 0.2) is 18.2 Å². The lowest BCUT2D eigenvalue weighted by Gasteiger charge is -2.24. The molecule has 0 saturated carbocycles. The number of primary amides is 1. The van der Waals surface area contributed by atoms with Crippen molar-refractivity contribution >= 4 is 17.3 Å². The molecule has 0 spiro atoms. The Labute approximate surface area is 123 Å². The number of anilines is 1. The van der Waals surface area contributed by atoms with Crippen molar-refractivity contribution in [2.75, 3.05) is 25.0 Å². The average molecular weight is 292 g/mol. The maximum Gasteiger partial charge on any atom is 0.293 e. The van der Waals surface area contributed by atoms with Gasteiger partial charge in [0, 0.05) is 24.2 Å². The number of nitro groups is 1. The highest BCUT2D eigenvalue weighted by Crippen LogP contribution is 2.25. The number of nitrogens with one attached hydrogen (secondary N) is 1. The zero-order valence-electron chi connectivity index (χ0n) is 12.0. The molecule has 1 unspecified atom stereocenters. The third kappa shape index (κ3) is 3.69. The molecule has 1 aliphatic rings. The molecule has 1 aromatic rings. The SMILES string of the molecule is CC(CNc1ccc(C(N)=O)cc1[N+](=O)[O-])N1CCCC1. The van der Waals surface area contributed by atoms with Crippen LogP contribution < -0.4 is 11.1 Å². The summed E-state index contributed by atoms with van der Waals surface area (Å²) < 4.78 is 0. The van der Waals surface area contributed by atoms with Crippen molar-refractivity contribution in [1.29, 1.82) is 0 Å². The van der Waals surface area contributed by atoms with E-state index in [2.05, 4.69) is 17.1 Å². The molecule has 1 aromatic carbocycles. The highest BCUT2D eigenvalue weighted by molar-refractivity contribution is 5.94. The van der Waals surface area contributed by atoms with Crippen LogP contribution in [-0.4, -0.2) is 41.4 Å². The maximum atomic E-state index is 11.1. The number of rotatable bonds is 6. The quantitative estimate of drug-likeness (QED) is 0.612. The second kappa shape index (κ2) is 6.53. The van der Waals surface area contributed by atoms with E-state index in [1.54, 1.807) is 0 Å². The van der Waals surface area contributed by atoms with E-state index in [-0.39, 0.29) is 11.3 Å². The van der Waals surface area contributed by atoms with Crippen LogP contribution in [0, 0.1) is 10.1 Å². The highest BCUT2D eigenvalue weighted by Gasteiger charge is 2.20. The molecule has 2 rings (SSSR count). The Bertz CT molecular complexity index is 541. The molecule has 21 heavy (non-hydrogen) atoms. The van der Waals surface area contributed by atoms with Gasteiger partial charge in [-0.15, -0.1) is 0 Å². The first-order valence-electron chi connectivity index (χ1n) is 7.05. The first kappa shape index (κ1) is 15.2. The molecule has 1 fully saturated rings. The fourth-order valence-corrected chi connectivity index (χ4v) is 2.55. The van der Waals surface area contributed by atoms with Crippen LogP contribution in [0.3, 0.4) is 0 Å². The summed E-state index contributed by atoms with van der Waals surface area (Å²) in [5.74, 6) is -0.671. The van der Waals surface area contributed by atoms with Crippen LogP contribution in [-0.2, 0) is 0 Å². The Morgan fingerprint density at radius 1 is 1.48 bits per heavy atom. The first-order chi connectivity index (χ1) is 9.99. The summed E-state index contributed by atoms with van der Waals surface area (Å²) in [6, 6.07) is 4.56. The third-order valence-electron chi connectivity index (χ3n) is 3.83. The van der Waals surface area contributed by atoms with Crippen molar-refractivity contribution in [3.8, 4) is 0 Å². The Balaban J connectivity index is 2.08. The third-order valence-corrected chi connectivity index (χ3v) is 3.83. The number of carbonyl (C=O) groups excluding carboxylic acids is 1. The smallest absolute Gasteiger partial charge is 0.293 e. The van der Waals surface area contributed by atoms with Crippen LogP contribution in [0.1, 0.15) is 30.1 Å². The summed E-state index contributed by atoms with van der Waals surface area (Å²) in [4.78, 5) is 24.1. The molecule has 1 atom stereocenters. The number of amides is 1. The number of nitro benzene ring substituents is 1. The van der Waals surface area contributed by atoms with Gasteiger partial charge in [-0.3, -0.25) is 19.8 Å². The maximum absolute atomic E-state index is 11.1. The Morgan fingerprint density at radius 2 is 2.14 bits per heavy atom. The van der Waals surface area contributed by atoms with Gasteiger partial charge in [0.05, 0.1) is 4.92 Å². The molecule has 1 saturated heterocycles. The lowest BCUT2D eigenvalue weighted by molar-refractivity contribution is -0.384. The minimum atomic E-state index is -0.671. The number of carbonyl (C=O) groups is 1. The van der Waals surface area contributed by atoms with Crippen molar-refractivity contribution in [2.45, 2.75) is 25.8 Å². The standard InChI is InChI=1S/C14H20N4O3/c1-10(17-6-2-3-7-17)9-16-12-5-4-11(14(15)19)8-13(12)18(20)21/h4-5,8,10,16H,2-3,6-7,9H2,1H3,(H2,15,19). The van der Waals surface area contributed by atoms with Crippen molar-refractivity contribution in [1.82, 2.24) is 4.90 Å². The van der Waals surface area contributed by atoms with Crippen LogP contribution in [0.4, 0.5) is 11.4 Å². The molecule has 114 valence electrons. The zero-order valence-corrected chi connectivity index (χ0v) is 12.0. The first-order valence-corrected chi connectivity index (χ1v) is 7.05. The Kier molecular flexibility index (Phi) is 4.74. The minimum absolute atomic E-state index is 0.125. The van der Waals surface area contributed by atoms with Gasteiger partial charge in [-0.25, -0.2) is 0 Å². The van der Waals surface area contributed by atoms with Gasteiger partial charge in [0.1, 0.15) is 5.69 Å². The van der Waals surface area contributed by atoms with E-state index >= 15 is 0 Å². The lowest BCUT2D eigenvalue weighted by atomic mass is 10.1. The van der Waals surface area contributed by atoms with E-state index in [9.17, 15) is 14.9 Å². The van der Waals surface area contributed by atoms with E-state index in [1.165, 1.54) is 31.0 Å². The molecule has 0 aliphatic carbocycles. The van der Waals surface area contributed by atoms with E-state index in [1.807, 2.05) is 0 Å². The van der Waals surface area contributed by atoms with E-state index in [4.69, 9.17) is 5.73 Å². The van der Waals surface area contributed by atoms with Crippen LogP contribution in [0.5, 0.6) is 0 Å². The number of benzene rings is 1. The largest absolute Gasteiger partial charge is 0.378 e. The van der Waals surface area contributed by atoms with Crippen LogP contribution >= 0.6 is 0 Å². The molecular weight excluding hydrogens is 272 g/mol. The Hall–Kier alpha value is -2.15. The van der Waals surface area contributed by atoms with Crippen LogP contribution in [0.2, 0.25) is 0 Å². The van der Waals surface area contributed by atoms with Crippen LogP contribution in [0.25, 0.3) is 0 Å². The second-order valence-electron chi connectivity index (χ2n) is 5.33. The summed E-state index contributed by atoms with van der Waals surface area (Å²) >= 11 is 0. The van der Waals surface area contributed by atoms with E-state index in [0.717, 1.165) is 13.1 Å². The summed E-state index contributed by atoms with van der Waals surface area (Å²) in [6.07, 6.45) is 2.41. The Morgan fingerprint density at radius 3 is 2.71 bits per heavy atom. The number of hydrogen-bond donors (Lipinski definition) is 2. The van der Waals surface area contributed by atoms with Gasteiger partial charge in [0.15, 0.2) is 0 Å². The molecule has 0 aromatic heterocycles. The number of nitrogens with two attached hydrogens (primary N) is 1. The lowest BCUT2D eigenvalue weighted by Crippen LogP contribution is -2.35. The van der Waals surface area contributed by atoms with Crippen molar-refractivity contribution in [3.05, 3.63) is 33.9 Å². The van der Waals surface area contributed by atoms with Crippen molar-refractivity contribution in [2.24, 2.45) is 5.73 Å². The molecule has 7 heteroatoms. The summed E-state index contributed by atoms with van der Waals surface area (Å²) in [5, 5.41) is 14.2. The highest BCUT2D eigenvalue weighted by atomic mass is 16.6. The van der Waals surface area contributed by atoms with Gasteiger partial charge in [-0.05, 0) is 45.0 Å². The molecule has 3 N–H and O–H groups in total. The van der Waals surface area contributed by atoms with Gasteiger partial charge in [-0.1, -0.05) is 0 Å². The summed E-state index contributed by atoms with van der Waals surface area (Å²) in [5.41, 5.74) is 5.58. The monoisotopic (exact) mass is 292 g/mol. The molecule has 0 bridgehead atoms. The second-order valence-corrected chi connectivity index (χ2v) is 5.33. The minimum Gasteiger partial charge on any atom is -0.378 e. The topological polar surface area (TPSA) is 101 Å². The molecule has 0 radical (unpaired) electrons. The number of likely N-dealkylation sites (tertiary alicyclic amines) is 1.